The van der Waals surface area contributed by atoms with Crippen molar-refractivity contribution in [1.29, 1.82) is 0 Å². The van der Waals surface area contributed by atoms with Crippen molar-refractivity contribution in [2.24, 2.45) is 0 Å². The van der Waals surface area contributed by atoms with E-state index in [9.17, 15) is 8.42 Å². The van der Waals surface area contributed by atoms with Gasteiger partial charge in [-0.1, -0.05) is 6.92 Å². The van der Waals surface area contributed by atoms with Crippen LogP contribution in [0, 0.1) is 0 Å². The molecule has 0 heterocycles. The van der Waals surface area contributed by atoms with Crippen molar-refractivity contribution in [2.45, 2.75) is 39.2 Å². The molecule has 0 aromatic rings. The zero-order valence-electron chi connectivity index (χ0n) is 11.5. The van der Waals surface area contributed by atoms with E-state index >= 15 is 0 Å². The second kappa shape index (κ2) is 8.09. The predicted octanol–water partition coefficient (Wildman–Crippen LogP) is 0.817. The number of nitrogens with zero attached hydrogens (tertiary/aromatic N) is 1. The van der Waals surface area contributed by atoms with Gasteiger partial charge in [0.1, 0.15) is 0 Å². The number of nitrogens with one attached hydrogen (secondary N) is 1. The minimum Gasteiger partial charge on any atom is -0.380 e. The van der Waals surface area contributed by atoms with E-state index < -0.39 is 10.0 Å². The van der Waals surface area contributed by atoms with Crippen LogP contribution in [0.4, 0.5) is 0 Å². The SMILES string of the molecule is CCOCCN(CC)S(=O)(=O)CCCNC1CC1. The van der Waals surface area contributed by atoms with E-state index in [-0.39, 0.29) is 5.75 Å². The summed E-state index contributed by atoms with van der Waals surface area (Å²) in [6.07, 6.45) is 3.16. The zero-order valence-corrected chi connectivity index (χ0v) is 12.3. The normalized spacial score (nSPS) is 16.4. The van der Waals surface area contributed by atoms with Crippen molar-refractivity contribution in [3.05, 3.63) is 0 Å². The Morgan fingerprint density at radius 1 is 1.33 bits per heavy atom. The first kappa shape index (κ1) is 15.9. The summed E-state index contributed by atoms with van der Waals surface area (Å²) in [5.41, 5.74) is 0. The van der Waals surface area contributed by atoms with Crippen LogP contribution in [0.5, 0.6) is 0 Å². The third kappa shape index (κ3) is 6.13. The Morgan fingerprint density at radius 2 is 2.06 bits per heavy atom. The Bertz CT molecular complexity index is 315. The molecule has 1 saturated carbocycles. The minimum absolute atomic E-state index is 0.229. The molecule has 5 nitrogen and oxygen atoms in total. The molecule has 0 aliphatic heterocycles. The van der Waals surface area contributed by atoms with Gasteiger partial charge in [0.25, 0.3) is 0 Å². The molecule has 0 atom stereocenters. The van der Waals surface area contributed by atoms with Gasteiger partial charge < -0.3 is 10.1 Å². The molecule has 1 aliphatic carbocycles. The van der Waals surface area contributed by atoms with Gasteiger partial charge in [-0.3, -0.25) is 0 Å². The lowest BCUT2D eigenvalue weighted by Gasteiger charge is -2.20. The van der Waals surface area contributed by atoms with Crippen LogP contribution in [0.15, 0.2) is 0 Å². The number of sulfonamides is 1. The maximum absolute atomic E-state index is 12.1. The summed E-state index contributed by atoms with van der Waals surface area (Å²) >= 11 is 0. The fraction of sp³-hybridized carbons (Fsp3) is 1.00. The molecule has 0 amide bonds. The van der Waals surface area contributed by atoms with Crippen molar-refractivity contribution in [2.75, 3.05) is 38.6 Å². The third-order valence-corrected chi connectivity index (χ3v) is 5.06. The average molecular weight is 278 g/mol. The second-order valence-corrected chi connectivity index (χ2v) is 6.68. The molecule has 0 saturated heterocycles. The number of likely N-dealkylation sites (N-methyl/N-ethyl adjacent to an activating group) is 1. The molecule has 1 rings (SSSR count). The van der Waals surface area contributed by atoms with Gasteiger partial charge in [-0.2, -0.15) is 4.31 Å². The molecule has 0 aromatic heterocycles. The van der Waals surface area contributed by atoms with Gasteiger partial charge in [0.15, 0.2) is 0 Å². The highest BCUT2D eigenvalue weighted by atomic mass is 32.2. The Balaban J connectivity index is 2.23. The van der Waals surface area contributed by atoms with E-state index in [1.54, 1.807) is 0 Å². The van der Waals surface area contributed by atoms with Crippen molar-refractivity contribution in [3.63, 3.8) is 0 Å². The smallest absolute Gasteiger partial charge is 0.214 e. The van der Waals surface area contributed by atoms with Crippen LogP contribution in [0.2, 0.25) is 0 Å². The molecule has 6 heteroatoms. The van der Waals surface area contributed by atoms with Gasteiger partial charge in [0, 0.05) is 25.7 Å². The first-order valence-electron chi connectivity index (χ1n) is 6.89. The van der Waals surface area contributed by atoms with Gasteiger partial charge >= 0.3 is 0 Å². The molecular weight excluding hydrogens is 252 g/mol. The summed E-state index contributed by atoms with van der Waals surface area (Å²) in [5.74, 6) is 0.229. The first-order chi connectivity index (χ1) is 8.60. The molecule has 0 unspecified atom stereocenters. The Hall–Kier alpha value is -0.170. The first-order valence-corrected chi connectivity index (χ1v) is 8.50. The van der Waals surface area contributed by atoms with Gasteiger partial charge in [0.05, 0.1) is 12.4 Å². The molecule has 0 bridgehead atoms. The number of hydrogen-bond donors (Lipinski definition) is 1. The van der Waals surface area contributed by atoms with Crippen LogP contribution in [0.1, 0.15) is 33.1 Å². The largest absolute Gasteiger partial charge is 0.380 e. The predicted molar refractivity (Wildman–Crippen MR) is 73.2 cm³/mol. The van der Waals surface area contributed by atoms with Gasteiger partial charge in [-0.25, -0.2) is 8.42 Å². The lowest BCUT2D eigenvalue weighted by atomic mass is 10.5. The molecule has 0 radical (unpaired) electrons. The lowest BCUT2D eigenvalue weighted by Crippen LogP contribution is -2.36. The maximum atomic E-state index is 12.1. The fourth-order valence-corrected chi connectivity index (χ4v) is 3.30. The van der Waals surface area contributed by atoms with E-state index in [1.165, 1.54) is 17.1 Å². The van der Waals surface area contributed by atoms with Crippen molar-refractivity contribution in [3.8, 4) is 0 Å². The maximum Gasteiger partial charge on any atom is 0.214 e. The standard InChI is InChI=1S/C12H26N2O3S/c1-3-14(9-10-17-4-2)18(15,16)11-5-8-13-12-6-7-12/h12-13H,3-11H2,1-2H3. The summed E-state index contributed by atoms with van der Waals surface area (Å²) in [7, 11) is -3.12. The zero-order chi connectivity index (χ0) is 13.4. The molecule has 1 N–H and O–H groups in total. The van der Waals surface area contributed by atoms with Gasteiger partial charge in [-0.15, -0.1) is 0 Å². The van der Waals surface area contributed by atoms with Crippen LogP contribution in [0.3, 0.4) is 0 Å². The summed E-state index contributed by atoms with van der Waals surface area (Å²) in [6, 6.07) is 0.646. The van der Waals surface area contributed by atoms with E-state index in [1.807, 2.05) is 13.8 Å². The minimum atomic E-state index is -3.12. The van der Waals surface area contributed by atoms with Crippen molar-refractivity contribution >= 4 is 10.0 Å². The monoisotopic (exact) mass is 278 g/mol. The molecule has 18 heavy (non-hydrogen) atoms. The Labute approximate surface area is 111 Å². The topological polar surface area (TPSA) is 58.6 Å². The summed E-state index contributed by atoms with van der Waals surface area (Å²) in [4.78, 5) is 0. The molecular formula is C12H26N2O3S. The van der Waals surface area contributed by atoms with Crippen molar-refractivity contribution < 1.29 is 13.2 Å². The number of hydrogen-bond acceptors (Lipinski definition) is 4. The van der Waals surface area contributed by atoms with E-state index in [0.717, 1.165) is 6.54 Å². The molecule has 1 fully saturated rings. The van der Waals surface area contributed by atoms with Gasteiger partial charge in [-0.05, 0) is 32.7 Å². The van der Waals surface area contributed by atoms with Crippen LogP contribution >= 0.6 is 0 Å². The molecule has 0 aromatic carbocycles. The molecule has 108 valence electrons. The molecule has 0 spiro atoms. The summed E-state index contributed by atoms with van der Waals surface area (Å²) in [6.45, 7) is 6.66. The average Bonchev–Trinajstić information content (AvgIpc) is 3.14. The van der Waals surface area contributed by atoms with Crippen LogP contribution in [-0.4, -0.2) is 57.4 Å². The van der Waals surface area contributed by atoms with Crippen LogP contribution in [0.25, 0.3) is 0 Å². The van der Waals surface area contributed by atoms with Crippen LogP contribution in [-0.2, 0) is 14.8 Å². The van der Waals surface area contributed by atoms with Crippen molar-refractivity contribution in [1.82, 2.24) is 9.62 Å². The fourth-order valence-electron chi connectivity index (χ4n) is 1.78. The highest BCUT2D eigenvalue weighted by Crippen LogP contribution is 2.18. The Morgan fingerprint density at radius 3 is 2.61 bits per heavy atom. The van der Waals surface area contributed by atoms with E-state index in [4.69, 9.17) is 4.74 Å². The quantitative estimate of drug-likeness (QED) is 0.568. The highest BCUT2D eigenvalue weighted by Gasteiger charge is 2.22. The molecule has 1 aliphatic rings. The summed E-state index contributed by atoms with van der Waals surface area (Å²) < 4.78 is 30.8. The Kier molecular flexibility index (Phi) is 7.14. The lowest BCUT2D eigenvalue weighted by molar-refractivity contribution is 0.135. The van der Waals surface area contributed by atoms with Gasteiger partial charge in [0.2, 0.25) is 10.0 Å². The van der Waals surface area contributed by atoms with Crippen LogP contribution < -0.4 is 5.32 Å². The van der Waals surface area contributed by atoms with E-state index in [2.05, 4.69) is 5.32 Å². The second-order valence-electron chi connectivity index (χ2n) is 4.59. The highest BCUT2D eigenvalue weighted by molar-refractivity contribution is 7.89. The number of rotatable bonds is 11. The van der Waals surface area contributed by atoms with E-state index in [0.29, 0.717) is 38.8 Å². The number of ether oxygens (including phenoxy) is 1. The summed E-state index contributed by atoms with van der Waals surface area (Å²) in [5, 5.41) is 3.33. The third-order valence-electron chi connectivity index (χ3n) is 3.02.